The van der Waals surface area contributed by atoms with Gasteiger partial charge in [0.15, 0.2) is 0 Å². The van der Waals surface area contributed by atoms with Crippen LogP contribution in [0.5, 0.6) is 5.75 Å². The Morgan fingerprint density at radius 1 is 1.31 bits per heavy atom. The number of aromatic nitrogens is 4. The lowest BCUT2D eigenvalue weighted by Gasteiger charge is -2.29. The van der Waals surface area contributed by atoms with Crippen LogP contribution in [0.15, 0.2) is 24.5 Å². The maximum absolute atomic E-state index is 12.6. The number of imidazole rings is 1. The van der Waals surface area contributed by atoms with Crippen molar-refractivity contribution in [1.29, 1.82) is 0 Å². The summed E-state index contributed by atoms with van der Waals surface area (Å²) in [5.74, 6) is -0.281. The number of methoxy groups -OCH3 is 1. The van der Waals surface area contributed by atoms with E-state index in [9.17, 15) is 9.59 Å². The number of carbonyl (C=O) groups is 2. The number of hydrogen-bond donors (Lipinski definition) is 3. The number of anilines is 1. The molecule has 29 heavy (non-hydrogen) atoms. The van der Waals surface area contributed by atoms with Crippen molar-refractivity contribution in [2.24, 2.45) is 13.0 Å². The van der Waals surface area contributed by atoms with Crippen LogP contribution in [0.4, 0.5) is 10.7 Å². The largest absolute Gasteiger partial charge is 0.494 e. The molecule has 1 saturated heterocycles. The van der Waals surface area contributed by atoms with Crippen molar-refractivity contribution in [3.63, 3.8) is 0 Å². The first-order chi connectivity index (χ1) is 14.0. The smallest absolute Gasteiger partial charge is 0.324 e. The van der Waals surface area contributed by atoms with E-state index in [0.717, 1.165) is 11.1 Å². The average Bonchev–Trinajstić information content (AvgIpc) is 3.33. The summed E-state index contributed by atoms with van der Waals surface area (Å²) in [6.07, 6.45) is 4.53. The molecular weight excluding hydrogens is 376 g/mol. The number of amides is 2. The van der Waals surface area contributed by atoms with Crippen molar-refractivity contribution in [2.75, 3.05) is 25.5 Å². The predicted molar refractivity (Wildman–Crippen MR) is 106 cm³/mol. The highest BCUT2D eigenvalue weighted by Gasteiger charge is 2.27. The number of hydrogen-bond acceptors (Lipinski definition) is 5. The Bertz CT molecular complexity index is 1060. The van der Waals surface area contributed by atoms with Crippen LogP contribution in [0.2, 0.25) is 0 Å². The first-order valence-corrected chi connectivity index (χ1v) is 9.30. The number of aromatic amines is 1. The third-order valence-corrected chi connectivity index (χ3v) is 5.20. The number of ether oxygens (including phenoxy) is 1. The first-order valence-electron chi connectivity index (χ1n) is 9.30. The molecule has 0 atom stereocenters. The summed E-state index contributed by atoms with van der Waals surface area (Å²) in [6.45, 7) is 0.792. The van der Waals surface area contributed by atoms with Gasteiger partial charge < -0.3 is 19.7 Å². The summed E-state index contributed by atoms with van der Waals surface area (Å²) in [4.78, 5) is 33.0. The van der Waals surface area contributed by atoms with E-state index in [1.807, 2.05) is 25.4 Å². The van der Waals surface area contributed by atoms with E-state index < -0.39 is 11.9 Å². The lowest BCUT2D eigenvalue weighted by Crippen LogP contribution is -2.42. The number of nitrogens with one attached hydrogen (secondary N) is 2. The summed E-state index contributed by atoms with van der Waals surface area (Å²) in [6, 6.07) is 3.43. The summed E-state index contributed by atoms with van der Waals surface area (Å²) in [5, 5.41) is 16.1. The molecule has 2 aromatic heterocycles. The van der Waals surface area contributed by atoms with Crippen LogP contribution in [0, 0.1) is 5.92 Å². The zero-order valence-corrected chi connectivity index (χ0v) is 16.2. The Morgan fingerprint density at radius 3 is 2.69 bits per heavy atom. The number of aliphatic carboxylic acids is 1. The predicted octanol–water partition coefficient (Wildman–Crippen LogP) is 2.30. The minimum Gasteiger partial charge on any atom is -0.494 e. The van der Waals surface area contributed by atoms with Crippen LogP contribution >= 0.6 is 0 Å². The molecule has 0 aliphatic carbocycles. The van der Waals surface area contributed by atoms with E-state index in [-0.39, 0.29) is 6.03 Å². The third kappa shape index (κ3) is 3.60. The zero-order valence-electron chi connectivity index (χ0n) is 16.2. The van der Waals surface area contributed by atoms with Crippen molar-refractivity contribution in [3.8, 4) is 16.9 Å². The van der Waals surface area contributed by atoms with Gasteiger partial charge in [-0.05, 0) is 25.0 Å². The molecule has 1 fully saturated rings. The van der Waals surface area contributed by atoms with Crippen molar-refractivity contribution >= 4 is 29.0 Å². The molecule has 10 nitrogen and oxygen atoms in total. The van der Waals surface area contributed by atoms with Gasteiger partial charge in [0.25, 0.3) is 0 Å². The number of carboxylic acids is 1. The molecule has 3 N–H and O–H groups in total. The number of H-pyrrole nitrogens is 1. The van der Waals surface area contributed by atoms with Gasteiger partial charge in [0.05, 0.1) is 19.2 Å². The SMILES string of the molecule is COc1ccc(-c2cnn(C)c2)c2nc(NC(=O)N3CCC(C(=O)O)CC3)[nH]c12. The number of aryl methyl sites for hydroxylation is 1. The molecule has 1 aliphatic rings. The summed E-state index contributed by atoms with van der Waals surface area (Å²) >= 11 is 0. The molecule has 2 amide bonds. The zero-order chi connectivity index (χ0) is 20.5. The Kier molecular flexibility index (Phi) is 4.83. The molecule has 0 spiro atoms. The van der Waals surface area contributed by atoms with Crippen molar-refractivity contribution in [1.82, 2.24) is 24.6 Å². The number of fused-ring (bicyclic) bond motifs is 1. The highest BCUT2D eigenvalue weighted by molar-refractivity contribution is 5.98. The number of urea groups is 1. The summed E-state index contributed by atoms with van der Waals surface area (Å²) in [7, 11) is 3.41. The molecule has 0 saturated carbocycles. The van der Waals surface area contributed by atoms with E-state index in [0.29, 0.717) is 48.7 Å². The van der Waals surface area contributed by atoms with Gasteiger partial charge in [-0.15, -0.1) is 0 Å². The number of piperidine rings is 1. The van der Waals surface area contributed by atoms with Crippen molar-refractivity contribution in [2.45, 2.75) is 12.8 Å². The molecule has 0 bridgehead atoms. The number of nitrogens with zero attached hydrogens (tertiary/aromatic N) is 4. The average molecular weight is 398 g/mol. The van der Waals surface area contributed by atoms with Gasteiger partial charge in [0.2, 0.25) is 5.95 Å². The van der Waals surface area contributed by atoms with Crippen LogP contribution < -0.4 is 10.1 Å². The standard InChI is InChI=1S/C19H22N6O4/c1-24-10-12(9-20-24)13-3-4-14(29-2)16-15(13)21-18(22-16)23-19(28)25-7-5-11(6-8-25)17(26)27/h3-4,9-11H,5-8H2,1-2H3,(H,26,27)(H2,21,22,23,28). The maximum atomic E-state index is 12.6. The number of rotatable bonds is 4. The molecule has 152 valence electrons. The fraction of sp³-hybridized carbons (Fsp3) is 0.368. The van der Waals surface area contributed by atoms with Crippen LogP contribution in [0.1, 0.15) is 12.8 Å². The van der Waals surface area contributed by atoms with Crippen molar-refractivity contribution < 1.29 is 19.4 Å². The van der Waals surface area contributed by atoms with E-state index >= 15 is 0 Å². The Hall–Kier alpha value is -3.56. The topological polar surface area (TPSA) is 125 Å². The van der Waals surface area contributed by atoms with Crippen LogP contribution in [0.3, 0.4) is 0 Å². The van der Waals surface area contributed by atoms with E-state index in [4.69, 9.17) is 9.84 Å². The Labute approximate surface area is 166 Å². The van der Waals surface area contributed by atoms with E-state index in [2.05, 4.69) is 20.4 Å². The lowest BCUT2D eigenvalue weighted by molar-refractivity contribution is -0.143. The van der Waals surface area contributed by atoms with Gasteiger partial charge in [0, 0.05) is 37.5 Å². The minimum absolute atomic E-state index is 0.306. The van der Waals surface area contributed by atoms with Gasteiger partial charge in [-0.3, -0.25) is 14.8 Å². The second-order valence-electron chi connectivity index (χ2n) is 7.06. The van der Waals surface area contributed by atoms with Crippen LogP contribution in [-0.2, 0) is 11.8 Å². The van der Waals surface area contributed by atoms with E-state index in [1.165, 1.54) is 0 Å². The molecule has 3 aromatic rings. The number of carbonyl (C=O) groups excluding carboxylic acids is 1. The van der Waals surface area contributed by atoms with Crippen LogP contribution in [0.25, 0.3) is 22.2 Å². The quantitative estimate of drug-likeness (QED) is 0.619. The number of carboxylic acid groups (broad SMARTS) is 1. The molecule has 4 rings (SSSR count). The Balaban J connectivity index is 1.58. The second kappa shape index (κ2) is 7.46. The van der Waals surface area contributed by atoms with Gasteiger partial charge in [0.1, 0.15) is 16.8 Å². The summed E-state index contributed by atoms with van der Waals surface area (Å²) in [5.41, 5.74) is 3.11. The first kappa shape index (κ1) is 18.8. The third-order valence-electron chi connectivity index (χ3n) is 5.20. The normalized spacial score (nSPS) is 14.9. The highest BCUT2D eigenvalue weighted by Crippen LogP contribution is 2.33. The number of likely N-dealkylation sites (tertiary alicyclic amines) is 1. The monoisotopic (exact) mass is 398 g/mol. The number of benzene rings is 1. The van der Waals surface area contributed by atoms with E-state index in [1.54, 1.807) is 22.9 Å². The maximum Gasteiger partial charge on any atom is 0.324 e. The molecule has 3 heterocycles. The summed E-state index contributed by atoms with van der Waals surface area (Å²) < 4.78 is 7.13. The van der Waals surface area contributed by atoms with Gasteiger partial charge in [-0.25, -0.2) is 9.78 Å². The molecule has 1 aromatic carbocycles. The lowest BCUT2D eigenvalue weighted by atomic mass is 9.97. The molecule has 10 heteroatoms. The van der Waals surface area contributed by atoms with Crippen molar-refractivity contribution in [3.05, 3.63) is 24.5 Å². The highest BCUT2D eigenvalue weighted by atomic mass is 16.5. The van der Waals surface area contributed by atoms with Gasteiger partial charge >= 0.3 is 12.0 Å². The minimum atomic E-state index is -0.808. The molecule has 0 radical (unpaired) electrons. The van der Waals surface area contributed by atoms with Crippen LogP contribution in [-0.4, -0.2) is 62.0 Å². The molecule has 0 unspecified atom stereocenters. The van der Waals surface area contributed by atoms with Gasteiger partial charge in [-0.2, -0.15) is 5.10 Å². The fourth-order valence-corrected chi connectivity index (χ4v) is 3.60. The Morgan fingerprint density at radius 2 is 2.07 bits per heavy atom. The molecular formula is C19H22N6O4. The van der Waals surface area contributed by atoms with Gasteiger partial charge in [-0.1, -0.05) is 0 Å². The second-order valence-corrected chi connectivity index (χ2v) is 7.06. The fourth-order valence-electron chi connectivity index (χ4n) is 3.60. The molecule has 1 aliphatic heterocycles.